The molecule has 2 rings (SSSR count). The van der Waals surface area contributed by atoms with Gasteiger partial charge in [0.15, 0.2) is 0 Å². The molecule has 6 heteroatoms. The quantitative estimate of drug-likeness (QED) is 0.846. The van der Waals surface area contributed by atoms with Gasteiger partial charge in [0.25, 0.3) is 11.9 Å². The predicted octanol–water partition coefficient (Wildman–Crippen LogP) is 2.41. The Kier molecular flexibility index (Phi) is 4.78. The molecule has 0 unspecified atom stereocenters. The van der Waals surface area contributed by atoms with E-state index in [1.165, 1.54) is 5.01 Å². The molecule has 1 aromatic heterocycles. The highest BCUT2D eigenvalue weighted by atomic mass is 35.5. The monoisotopic (exact) mass is 268 g/mol. The zero-order valence-electron chi connectivity index (χ0n) is 10.8. The standard InChI is InChI=1S/C12H16N4O.ClH/c1-4-5-10-7-11(17)16(15-10)12-13-8(2)6-9(3)14-12;/h6H,4-5,7H2,1-3H3;1H. The van der Waals surface area contributed by atoms with E-state index in [9.17, 15) is 4.79 Å². The average molecular weight is 269 g/mol. The molecular formula is C12H17ClN4O. The Morgan fingerprint density at radius 2 is 1.89 bits per heavy atom. The van der Waals surface area contributed by atoms with E-state index in [2.05, 4.69) is 22.0 Å². The van der Waals surface area contributed by atoms with Gasteiger partial charge in [0.2, 0.25) is 0 Å². The number of carbonyl (C=O) groups excluding carboxylic acids is 1. The summed E-state index contributed by atoms with van der Waals surface area (Å²) in [6, 6.07) is 1.88. The molecule has 0 bridgehead atoms. The summed E-state index contributed by atoms with van der Waals surface area (Å²) in [6.45, 7) is 5.84. The second-order valence-corrected chi connectivity index (χ2v) is 4.25. The first-order chi connectivity index (χ1) is 8.10. The molecule has 98 valence electrons. The summed E-state index contributed by atoms with van der Waals surface area (Å²) in [5.74, 6) is 0.344. The number of aryl methyl sites for hydroxylation is 2. The highest BCUT2D eigenvalue weighted by Gasteiger charge is 2.26. The molecule has 1 aliphatic heterocycles. The van der Waals surface area contributed by atoms with Gasteiger partial charge in [-0.15, -0.1) is 12.4 Å². The van der Waals surface area contributed by atoms with Crippen LogP contribution in [0, 0.1) is 13.8 Å². The van der Waals surface area contributed by atoms with E-state index in [-0.39, 0.29) is 18.3 Å². The number of anilines is 1. The SMILES string of the molecule is CCCC1=NN(c2nc(C)cc(C)n2)C(=O)C1.Cl. The molecule has 1 aromatic rings. The second kappa shape index (κ2) is 5.91. The van der Waals surface area contributed by atoms with E-state index in [4.69, 9.17) is 0 Å². The smallest absolute Gasteiger partial charge is 0.255 e. The van der Waals surface area contributed by atoms with Crippen molar-refractivity contribution in [2.45, 2.75) is 40.0 Å². The van der Waals surface area contributed by atoms with Gasteiger partial charge in [0.1, 0.15) is 0 Å². The molecule has 18 heavy (non-hydrogen) atoms. The summed E-state index contributed by atoms with van der Waals surface area (Å²) in [5, 5.41) is 5.61. The molecule has 1 aliphatic rings. The minimum Gasteiger partial charge on any atom is -0.272 e. The topological polar surface area (TPSA) is 58.5 Å². The van der Waals surface area contributed by atoms with Crippen molar-refractivity contribution in [2.24, 2.45) is 5.10 Å². The second-order valence-electron chi connectivity index (χ2n) is 4.25. The zero-order chi connectivity index (χ0) is 12.4. The number of hydrogen-bond acceptors (Lipinski definition) is 4. The summed E-state index contributed by atoms with van der Waals surface area (Å²) in [7, 11) is 0. The van der Waals surface area contributed by atoms with Gasteiger partial charge in [-0.1, -0.05) is 13.3 Å². The van der Waals surface area contributed by atoms with Gasteiger partial charge in [-0.25, -0.2) is 9.97 Å². The van der Waals surface area contributed by atoms with Gasteiger partial charge in [-0.2, -0.15) is 10.1 Å². The molecule has 1 amide bonds. The van der Waals surface area contributed by atoms with Crippen LogP contribution in [0.15, 0.2) is 11.2 Å². The van der Waals surface area contributed by atoms with Crippen molar-refractivity contribution in [3.63, 3.8) is 0 Å². The van der Waals surface area contributed by atoms with Gasteiger partial charge in [0, 0.05) is 17.1 Å². The maximum atomic E-state index is 11.8. The predicted molar refractivity (Wildman–Crippen MR) is 73.2 cm³/mol. The van der Waals surface area contributed by atoms with Gasteiger partial charge in [0.05, 0.1) is 6.42 Å². The lowest BCUT2D eigenvalue weighted by Crippen LogP contribution is -2.22. The molecule has 0 radical (unpaired) electrons. The number of halogens is 1. The van der Waals surface area contributed by atoms with Crippen molar-refractivity contribution >= 4 is 30.0 Å². The van der Waals surface area contributed by atoms with E-state index in [0.717, 1.165) is 29.9 Å². The summed E-state index contributed by atoms with van der Waals surface area (Å²) in [5.41, 5.74) is 2.61. The Morgan fingerprint density at radius 1 is 1.28 bits per heavy atom. The van der Waals surface area contributed by atoms with Crippen molar-refractivity contribution in [1.29, 1.82) is 0 Å². The summed E-state index contributed by atoms with van der Waals surface area (Å²) in [4.78, 5) is 20.3. The van der Waals surface area contributed by atoms with Crippen molar-refractivity contribution in [3.05, 3.63) is 17.5 Å². The van der Waals surface area contributed by atoms with E-state index < -0.39 is 0 Å². The number of carbonyl (C=O) groups is 1. The molecule has 0 fully saturated rings. The summed E-state index contributed by atoms with van der Waals surface area (Å²) >= 11 is 0. The van der Waals surface area contributed by atoms with Gasteiger partial charge >= 0.3 is 0 Å². The van der Waals surface area contributed by atoms with Gasteiger partial charge in [-0.05, 0) is 26.3 Å². The number of aromatic nitrogens is 2. The molecule has 0 aliphatic carbocycles. The Labute approximate surface area is 113 Å². The first-order valence-corrected chi connectivity index (χ1v) is 5.81. The third kappa shape index (κ3) is 3.04. The molecule has 0 atom stereocenters. The maximum absolute atomic E-state index is 11.8. The van der Waals surface area contributed by atoms with Crippen LogP contribution in [0.1, 0.15) is 37.6 Å². The molecule has 0 N–H and O–H groups in total. The lowest BCUT2D eigenvalue weighted by molar-refractivity contribution is -0.117. The van der Waals surface area contributed by atoms with Crippen LogP contribution in [0.25, 0.3) is 0 Å². The number of hydrogen-bond donors (Lipinski definition) is 0. The number of hydrazone groups is 1. The van der Waals surface area contributed by atoms with Crippen molar-refractivity contribution in [1.82, 2.24) is 9.97 Å². The minimum absolute atomic E-state index is 0. The molecule has 5 nitrogen and oxygen atoms in total. The van der Waals surface area contributed by atoms with Crippen LogP contribution in [-0.4, -0.2) is 21.6 Å². The molecule has 0 aromatic carbocycles. The number of nitrogens with zero attached hydrogens (tertiary/aromatic N) is 4. The fraction of sp³-hybridized carbons (Fsp3) is 0.500. The largest absolute Gasteiger partial charge is 0.272 e. The van der Waals surface area contributed by atoms with Gasteiger partial charge in [-0.3, -0.25) is 4.79 Å². The first kappa shape index (κ1) is 14.6. The first-order valence-electron chi connectivity index (χ1n) is 5.81. The molecular weight excluding hydrogens is 252 g/mol. The van der Waals surface area contributed by atoms with Crippen LogP contribution in [0.4, 0.5) is 5.95 Å². The van der Waals surface area contributed by atoms with Crippen LogP contribution < -0.4 is 5.01 Å². The van der Waals surface area contributed by atoms with Crippen LogP contribution in [0.5, 0.6) is 0 Å². The van der Waals surface area contributed by atoms with E-state index in [0.29, 0.717) is 12.4 Å². The lowest BCUT2D eigenvalue weighted by Gasteiger charge is -2.10. The van der Waals surface area contributed by atoms with Crippen LogP contribution in [0.2, 0.25) is 0 Å². The number of amides is 1. The number of rotatable bonds is 3. The average Bonchev–Trinajstić information content (AvgIpc) is 2.58. The van der Waals surface area contributed by atoms with Crippen molar-refractivity contribution < 1.29 is 4.79 Å². The van der Waals surface area contributed by atoms with Crippen molar-refractivity contribution in [2.75, 3.05) is 5.01 Å². The lowest BCUT2D eigenvalue weighted by atomic mass is 10.2. The van der Waals surface area contributed by atoms with Crippen molar-refractivity contribution in [3.8, 4) is 0 Å². The maximum Gasteiger partial charge on any atom is 0.255 e. The van der Waals surface area contributed by atoms with Crippen LogP contribution in [0.3, 0.4) is 0 Å². The fourth-order valence-corrected chi connectivity index (χ4v) is 1.87. The van der Waals surface area contributed by atoms with E-state index >= 15 is 0 Å². The highest BCUT2D eigenvalue weighted by Crippen LogP contribution is 2.18. The third-order valence-electron chi connectivity index (χ3n) is 2.53. The van der Waals surface area contributed by atoms with Gasteiger partial charge < -0.3 is 0 Å². The Balaban J connectivity index is 0.00000162. The highest BCUT2D eigenvalue weighted by molar-refractivity contribution is 6.12. The molecule has 0 saturated heterocycles. The summed E-state index contributed by atoms with van der Waals surface area (Å²) < 4.78 is 0. The van der Waals surface area contributed by atoms with E-state index in [1.807, 2.05) is 19.9 Å². The van der Waals surface area contributed by atoms with E-state index in [1.54, 1.807) is 0 Å². The molecule has 2 heterocycles. The minimum atomic E-state index is -0.0431. The summed E-state index contributed by atoms with van der Waals surface area (Å²) in [6.07, 6.45) is 2.24. The normalized spacial score (nSPS) is 14.5. The molecule has 0 saturated carbocycles. The Bertz CT molecular complexity index is 467. The Morgan fingerprint density at radius 3 is 2.44 bits per heavy atom. The third-order valence-corrected chi connectivity index (χ3v) is 2.53. The fourth-order valence-electron chi connectivity index (χ4n) is 1.87. The van der Waals surface area contributed by atoms with Crippen LogP contribution >= 0.6 is 12.4 Å². The zero-order valence-corrected chi connectivity index (χ0v) is 11.6. The Hall–Kier alpha value is -1.49. The van der Waals surface area contributed by atoms with Crippen LogP contribution in [-0.2, 0) is 4.79 Å². The molecule has 0 spiro atoms.